The van der Waals surface area contributed by atoms with E-state index in [0.717, 1.165) is 45.7 Å². The number of likely N-dealkylation sites (N-methyl/N-ethyl adjacent to an activating group) is 1. The molecule has 0 spiro atoms. The quantitative estimate of drug-likeness (QED) is 0.703. The molecule has 1 aliphatic rings. The van der Waals surface area contributed by atoms with Crippen molar-refractivity contribution in [1.82, 2.24) is 10.2 Å². The van der Waals surface area contributed by atoms with Gasteiger partial charge in [0.25, 0.3) is 0 Å². The first-order valence-electron chi connectivity index (χ1n) is 6.20. The summed E-state index contributed by atoms with van der Waals surface area (Å²) in [6, 6.07) is 0. The van der Waals surface area contributed by atoms with E-state index >= 15 is 0 Å². The van der Waals surface area contributed by atoms with Gasteiger partial charge < -0.3 is 19.7 Å². The summed E-state index contributed by atoms with van der Waals surface area (Å²) in [6.45, 7) is 6.39. The number of hydrogen-bond donors (Lipinski definition) is 1. The highest BCUT2D eigenvalue weighted by atomic mass is 16.5. The van der Waals surface area contributed by atoms with Crippen LogP contribution in [0.15, 0.2) is 0 Å². The molecule has 0 aromatic rings. The molecule has 0 radical (unpaired) electrons. The third kappa shape index (κ3) is 4.26. The fraction of sp³-hybridized carbons (Fsp3) is 0.917. The van der Waals surface area contributed by atoms with Gasteiger partial charge in [0.2, 0.25) is 0 Å². The highest BCUT2D eigenvalue weighted by Crippen LogP contribution is 2.13. The van der Waals surface area contributed by atoms with Crippen LogP contribution in [0.2, 0.25) is 0 Å². The smallest absolute Gasteiger partial charge is 0.325 e. The maximum atomic E-state index is 11.7. The zero-order valence-electron chi connectivity index (χ0n) is 11.1. The van der Waals surface area contributed by atoms with Crippen molar-refractivity contribution in [1.29, 1.82) is 0 Å². The Kier molecular flexibility index (Phi) is 5.88. The maximum absolute atomic E-state index is 11.7. The molecule has 0 bridgehead atoms. The lowest BCUT2D eigenvalue weighted by Gasteiger charge is -2.29. The first kappa shape index (κ1) is 14.4. The summed E-state index contributed by atoms with van der Waals surface area (Å²) in [6.07, 6.45) is 1.81. The monoisotopic (exact) mass is 244 g/mol. The van der Waals surface area contributed by atoms with E-state index in [1.54, 1.807) is 7.05 Å². The predicted molar refractivity (Wildman–Crippen MR) is 66.0 cm³/mol. The minimum Gasteiger partial charge on any atom is -0.468 e. The molecule has 0 saturated carbocycles. The molecule has 1 heterocycles. The topological polar surface area (TPSA) is 50.8 Å². The van der Waals surface area contributed by atoms with E-state index in [1.807, 2.05) is 6.92 Å². The molecule has 0 aliphatic carbocycles. The lowest BCUT2D eigenvalue weighted by atomic mass is 9.98. The second-order valence-electron chi connectivity index (χ2n) is 4.63. The van der Waals surface area contributed by atoms with Crippen molar-refractivity contribution in [2.75, 3.05) is 47.0 Å². The average Bonchev–Trinajstić information content (AvgIpc) is 2.63. The van der Waals surface area contributed by atoms with Gasteiger partial charge >= 0.3 is 5.97 Å². The molecule has 1 saturated heterocycles. The van der Waals surface area contributed by atoms with Crippen molar-refractivity contribution in [3.63, 3.8) is 0 Å². The van der Waals surface area contributed by atoms with E-state index in [1.165, 1.54) is 7.11 Å². The Balaban J connectivity index is 2.43. The minimum atomic E-state index is -0.595. The summed E-state index contributed by atoms with van der Waals surface area (Å²) >= 11 is 0. The molecule has 0 aromatic heterocycles. The number of ether oxygens (including phenoxy) is 2. The third-order valence-corrected chi connectivity index (χ3v) is 3.43. The number of nitrogens with zero attached hydrogens (tertiary/aromatic N) is 1. The van der Waals surface area contributed by atoms with Gasteiger partial charge in [-0.2, -0.15) is 0 Å². The highest BCUT2D eigenvalue weighted by Gasteiger charge is 2.32. The molecule has 1 aliphatic heterocycles. The standard InChI is InChI=1S/C12H24N2O3/c1-12(13-2,11(15)16-3)5-7-14-6-4-9-17-10-8-14/h13H,4-10H2,1-3H3. The Morgan fingerprint density at radius 1 is 1.47 bits per heavy atom. The second-order valence-corrected chi connectivity index (χ2v) is 4.63. The summed E-state index contributed by atoms with van der Waals surface area (Å²) in [4.78, 5) is 14.0. The van der Waals surface area contributed by atoms with Gasteiger partial charge in [-0.25, -0.2) is 0 Å². The zero-order chi connectivity index (χ0) is 12.7. The van der Waals surface area contributed by atoms with Gasteiger partial charge in [0.05, 0.1) is 13.7 Å². The fourth-order valence-electron chi connectivity index (χ4n) is 1.96. The summed E-state index contributed by atoms with van der Waals surface area (Å²) in [7, 11) is 3.22. The van der Waals surface area contributed by atoms with Crippen molar-refractivity contribution < 1.29 is 14.3 Å². The van der Waals surface area contributed by atoms with Crippen LogP contribution in [0.3, 0.4) is 0 Å². The Bertz CT molecular complexity index is 240. The number of carbonyl (C=O) groups excluding carboxylic acids is 1. The first-order chi connectivity index (χ1) is 8.12. The van der Waals surface area contributed by atoms with Crippen LogP contribution in [-0.2, 0) is 14.3 Å². The molecular formula is C12H24N2O3. The summed E-state index contributed by atoms with van der Waals surface area (Å²) in [5, 5.41) is 3.05. The number of methoxy groups -OCH3 is 1. The number of nitrogens with one attached hydrogen (secondary N) is 1. The van der Waals surface area contributed by atoms with Gasteiger partial charge in [0.1, 0.15) is 5.54 Å². The Morgan fingerprint density at radius 2 is 2.24 bits per heavy atom. The number of esters is 1. The van der Waals surface area contributed by atoms with E-state index in [2.05, 4.69) is 10.2 Å². The highest BCUT2D eigenvalue weighted by molar-refractivity contribution is 5.80. The number of hydrogen-bond acceptors (Lipinski definition) is 5. The molecular weight excluding hydrogens is 220 g/mol. The lowest BCUT2D eigenvalue weighted by molar-refractivity contribution is -0.148. The maximum Gasteiger partial charge on any atom is 0.325 e. The molecule has 100 valence electrons. The van der Waals surface area contributed by atoms with Gasteiger partial charge in [-0.05, 0) is 26.8 Å². The third-order valence-electron chi connectivity index (χ3n) is 3.43. The summed E-state index contributed by atoms with van der Waals surface area (Å²) in [5.41, 5.74) is -0.595. The van der Waals surface area contributed by atoms with Crippen molar-refractivity contribution >= 4 is 5.97 Å². The lowest BCUT2D eigenvalue weighted by Crippen LogP contribution is -2.50. The van der Waals surface area contributed by atoms with E-state index in [-0.39, 0.29) is 5.97 Å². The van der Waals surface area contributed by atoms with Crippen LogP contribution in [0.5, 0.6) is 0 Å². The van der Waals surface area contributed by atoms with Gasteiger partial charge in [0.15, 0.2) is 0 Å². The van der Waals surface area contributed by atoms with Crippen molar-refractivity contribution in [2.45, 2.75) is 25.3 Å². The molecule has 0 aromatic carbocycles. The molecule has 1 atom stereocenters. The predicted octanol–water partition coefficient (Wildman–Crippen LogP) is 0.250. The van der Waals surface area contributed by atoms with Crippen LogP contribution in [0, 0.1) is 0 Å². The Hall–Kier alpha value is -0.650. The number of carbonyl (C=O) groups is 1. The van der Waals surface area contributed by atoms with Crippen LogP contribution in [-0.4, -0.2) is 63.4 Å². The van der Waals surface area contributed by atoms with Crippen molar-refractivity contribution in [2.24, 2.45) is 0 Å². The molecule has 5 nitrogen and oxygen atoms in total. The van der Waals surface area contributed by atoms with Crippen LogP contribution in [0.1, 0.15) is 19.8 Å². The SMILES string of the molecule is CNC(C)(CCN1CCCOCC1)C(=O)OC. The van der Waals surface area contributed by atoms with Crippen LogP contribution in [0.4, 0.5) is 0 Å². The Morgan fingerprint density at radius 3 is 2.88 bits per heavy atom. The van der Waals surface area contributed by atoms with Crippen LogP contribution in [0.25, 0.3) is 0 Å². The molecule has 1 rings (SSSR count). The van der Waals surface area contributed by atoms with E-state index in [0.29, 0.717) is 0 Å². The van der Waals surface area contributed by atoms with Gasteiger partial charge in [0, 0.05) is 26.2 Å². The molecule has 1 N–H and O–H groups in total. The summed E-state index contributed by atoms with van der Waals surface area (Å²) in [5.74, 6) is -0.203. The fourth-order valence-corrected chi connectivity index (χ4v) is 1.96. The molecule has 1 unspecified atom stereocenters. The molecule has 1 fully saturated rings. The van der Waals surface area contributed by atoms with E-state index in [4.69, 9.17) is 9.47 Å². The van der Waals surface area contributed by atoms with Gasteiger partial charge in [-0.1, -0.05) is 0 Å². The van der Waals surface area contributed by atoms with Crippen molar-refractivity contribution in [3.05, 3.63) is 0 Å². The normalized spacial score (nSPS) is 21.6. The van der Waals surface area contributed by atoms with Crippen LogP contribution < -0.4 is 5.32 Å². The average molecular weight is 244 g/mol. The molecule has 17 heavy (non-hydrogen) atoms. The van der Waals surface area contributed by atoms with Gasteiger partial charge in [-0.15, -0.1) is 0 Å². The van der Waals surface area contributed by atoms with Crippen LogP contribution >= 0.6 is 0 Å². The molecule has 5 heteroatoms. The van der Waals surface area contributed by atoms with Gasteiger partial charge in [-0.3, -0.25) is 4.79 Å². The van der Waals surface area contributed by atoms with E-state index in [9.17, 15) is 4.79 Å². The van der Waals surface area contributed by atoms with E-state index < -0.39 is 5.54 Å². The zero-order valence-corrected chi connectivity index (χ0v) is 11.1. The van der Waals surface area contributed by atoms with Crippen molar-refractivity contribution in [3.8, 4) is 0 Å². The summed E-state index contributed by atoms with van der Waals surface area (Å²) < 4.78 is 10.2. The largest absolute Gasteiger partial charge is 0.468 e. The molecule has 0 amide bonds. The minimum absolute atomic E-state index is 0.203. The second kappa shape index (κ2) is 6.93. The Labute approximate surface area is 103 Å². The number of rotatable bonds is 5. The first-order valence-corrected chi connectivity index (χ1v) is 6.20.